The zero-order valence-corrected chi connectivity index (χ0v) is 34.8. The largest absolute Gasteiger partial charge is 0.465 e. The summed E-state index contributed by atoms with van der Waals surface area (Å²) in [6.45, 7) is 25.7. The quantitative estimate of drug-likeness (QED) is 0.0681. The highest BCUT2D eigenvalue weighted by molar-refractivity contribution is 8.77. The van der Waals surface area contributed by atoms with E-state index in [0.29, 0.717) is 50.0 Å². The lowest BCUT2D eigenvalue weighted by molar-refractivity contribution is -0.143. The standard InChI is InChI=1S/C38H64N2O4S4/c1-35(2,3)26-37(7,8)28-47-45-23-21-43-33(41)16-19-40(18-15-30-25-39-32-14-12-11-13-31(30)32)20-17-34(42)44-22-24-46-48-29-38(9,10)27-36(4,5)6/h11-14,25,39H,15-24,26-29H2,1-10H3. The Bertz CT molecular complexity index is 1180. The molecule has 48 heavy (non-hydrogen) atoms. The number of para-hydroxylation sites is 1. The van der Waals surface area contributed by atoms with Crippen LogP contribution in [0.5, 0.6) is 0 Å². The van der Waals surface area contributed by atoms with Crippen LogP contribution in [-0.2, 0) is 25.5 Å². The lowest BCUT2D eigenvalue weighted by atomic mass is 9.77. The number of hydrogen-bond acceptors (Lipinski definition) is 9. The van der Waals surface area contributed by atoms with Crippen molar-refractivity contribution in [3.05, 3.63) is 36.0 Å². The number of nitrogens with zero attached hydrogens (tertiary/aromatic N) is 1. The van der Waals surface area contributed by atoms with Gasteiger partial charge in [0.1, 0.15) is 13.2 Å². The first-order valence-electron chi connectivity index (χ1n) is 17.4. The summed E-state index contributed by atoms with van der Waals surface area (Å²) in [5.41, 5.74) is 3.53. The van der Waals surface area contributed by atoms with Gasteiger partial charge in [-0.25, -0.2) is 0 Å². The van der Waals surface area contributed by atoms with Crippen molar-refractivity contribution in [1.29, 1.82) is 0 Å². The second-order valence-electron chi connectivity index (χ2n) is 16.9. The minimum absolute atomic E-state index is 0.187. The van der Waals surface area contributed by atoms with E-state index < -0.39 is 0 Å². The summed E-state index contributed by atoms with van der Waals surface area (Å²) in [6.07, 6.45) is 5.84. The molecule has 0 fully saturated rings. The number of aromatic nitrogens is 1. The summed E-state index contributed by atoms with van der Waals surface area (Å²) in [5, 5.41) is 1.21. The number of aromatic amines is 1. The van der Waals surface area contributed by atoms with E-state index in [9.17, 15) is 9.59 Å². The van der Waals surface area contributed by atoms with Gasteiger partial charge in [-0.05, 0) is 52.6 Å². The number of carbonyl (C=O) groups excluding carboxylic acids is 2. The van der Waals surface area contributed by atoms with Gasteiger partial charge in [0.05, 0.1) is 12.8 Å². The molecule has 0 bridgehead atoms. The summed E-state index contributed by atoms with van der Waals surface area (Å²) in [5.74, 6) is 3.34. The topological polar surface area (TPSA) is 71.6 Å². The van der Waals surface area contributed by atoms with Crippen LogP contribution in [0.15, 0.2) is 30.5 Å². The Hall–Kier alpha value is -0.940. The number of benzene rings is 1. The third kappa shape index (κ3) is 20.0. The number of fused-ring (bicyclic) bond motifs is 1. The number of esters is 2. The van der Waals surface area contributed by atoms with Gasteiger partial charge in [-0.15, -0.1) is 0 Å². The van der Waals surface area contributed by atoms with E-state index in [0.717, 1.165) is 41.5 Å². The second-order valence-corrected chi connectivity index (χ2v) is 22.0. The number of hydrogen-bond donors (Lipinski definition) is 1. The third-order valence-corrected chi connectivity index (χ3v) is 13.1. The van der Waals surface area contributed by atoms with Crippen molar-refractivity contribution in [2.45, 2.75) is 101 Å². The number of carbonyl (C=O) groups is 2. The molecule has 0 atom stereocenters. The van der Waals surface area contributed by atoms with Gasteiger partial charge in [-0.2, -0.15) is 0 Å². The number of H-pyrrole nitrogens is 1. The summed E-state index contributed by atoms with van der Waals surface area (Å²) in [7, 11) is 7.28. The molecule has 6 nitrogen and oxygen atoms in total. The Balaban J connectivity index is 1.75. The van der Waals surface area contributed by atoms with Crippen LogP contribution < -0.4 is 0 Å². The van der Waals surface area contributed by atoms with Crippen LogP contribution in [0.3, 0.4) is 0 Å². The molecule has 0 aliphatic heterocycles. The highest BCUT2D eigenvalue weighted by Gasteiger charge is 2.26. The lowest BCUT2D eigenvalue weighted by Crippen LogP contribution is -2.31. The zero-order valence-electron chi connectivity index (χ0n) is 31.5. The Morgan fingerprint density at radius 3 is 1.65 bits per heavy atom. The van der Waals surface area contributed by atoms with Crippen molar-refractivity contribution in [2.75, 3.05) is 55.9 Å². The normalized spacial score (nSPS) is 13.0. The van der Waals surface area contributed by atoms with Gasteiger partial charge in [0.25, 0.3) is 0 Å². The molecule has 10 heteroatoms. The van der Waals surface area contributed by atoms with Crippen LogP contribution in [0.4, 0.5) is 0 Å². The van der Waals surface area contributed by atoms with Gasteiger partial charge >= 0.3 is 11.9 Å². The Morgan fingerprint density at radius 1 is 0.688 bits per heavy atom. The highest BCUT2D eigenvalue weighted by atomic mass is 33.1. The van der Waals surface area contributed by atoms with Gasteiger partial charge in [-0.1, -0.05) is 131 Å². The van der Waals surface area contributed by atoms with Crippen molar-refractivity contribution in [1.82, 2.24) is 9.88 Å². The van der Waals surface area contributed by atoms with Crippen LogP contribution in [0.25, 0.3) is 10.9 Å². The van der Waals surface area contributed by atoms with E-state index in [1.165, 1.54) is 23.8 Å². The molecule has 2 aromatic rings. The summed E-state index contributed by atoms with van der Waals surface area (Å²) in [6, 6.07) is 8.29. The first-order valence-corrected chi connectivity index (χ1v) is 22.4. The molecular formula is C38H64N2O4S4. The van der Waals surface area contributed by atoms with Gasteiger partial charge in [0, 0.05) is 59.7 Å². The van der Waals surface area contributed by atoms with E-state index in [1.54, 1.807) is 21.6 Å². The molecule has 0 aliphatic rings. The minimum Gasteiger partial charge on any atom is -0.465 e. The predicted molar refractivity (Wildman–Crippen MR) is 215 cm³/mol. The fourth-order valence-electron chi connectivity index (χ4n) is 6.47. The smallest absolute Gasteiger partial charge is 0.307 e. The van der Waals surface area contributed by atoms with E-state index in [1.807, 2.05) is 27.7 Å². The molecule has 0 saturated heterocycles. The Kier molecular flexibility index (Phi) is 18.7. The van der Waals surface area contributed by atoms with Crippen molar-refractivity contribution in [3.8, 4) is 0 Å². The maximum absolute atomic E-state index is 12.6. The van der Waals surface area contributed by atoms with Crippen molar-refractivity contribution >= 4 is 66.0 Å². The Labute approximate surface area is 308 Å². The molecule has 1 aromatic carbocycles. The van der Waals surface area contributed by atoms with Crippen LogP contribution in [0.2, 0.25) is 0 Å². The lowest BCUT2D eigenvalue weighted by Gasteiger charge is -2.32. The van der Waals surface area contributed by atoms with E-state index in [-0.39, 0.29) is 22.8 Å². The third-order valence-electron chi connectivity index (χ3n) is 7.58. The highest BCUT2D eigenvalue weighted by Crippen LogP contribution is 2.39. The summed E-state index contributed by atoms with van der Waals surface area (Å²) < 4.78 is 11.1. The molecule has 0 aliphatic carbocycles. The fourth-order valence-corrected chi connectivity index (χ4v) is 11.5. The molecule has 0 saturated carbocycles. The van der Waals surface area contributed by atoms with Gasteiger partial charge in [0.15, 0.2) is 0 Å². The molecule has 274 valence electrons. The molecule has 1 N–H and O–H groups in total. The molecule has 0 amide bonds. The maximum atomic E-state index is 12.6. The van der Waals surface area contributed by atoms with Crippen LogP contribution in [0, 0.1) is 21.7 Å². The number of nitrogens with one attached hydrogen (secondary N) is 1. The van der Waals surface area contributed by atoms with Crippen molar-refractivity contribution in [3.63, 3.8) is 0 Å². The summed E-state index contributed by atoms with van der Waals surface area (Å²) >= 11 is 0. The monoisotopic (exact) mass is 740 g/mol. The molecular weight excluding hydrogens is 677 g/mol. The molecule has 0 unspecified atom stereocenters. The Morgan fingerprint density at radius 2 is 1.17 bits per heavy atom. The van der Waals surface area contributed by atoms with Crippen LogP contribution in [0.1, 0.15) is 100 Å². The molecule has 0 spiro atoms. The van der Waals surface area contributed by atoms with E-state index in [4.69, 9.17) is 9.47 Å². The SMILES string of the molecule is CC(C)(C)CC(C)(C)CSSCCOC(=O)CCN(CCC(=O)OCCSSCC(C)(C)CC(C)(C)C)CCc1c[nH]c2ccccc12. The van der Waals surface area contributed by atoms with E-state index in [2.05, 4.69) is 104 Å². The first kappa shape index (κ1) is 43.2. The van der Waals surface area contributed by atoms with Crippen molar-refractivity contribution in [2.24, 2.45) is 21.7 Å². The van der Waals surface area contributed by atoms with Gasteiger partial charge in [-0.3, -0.25) is 9.59 Å². The van der Waals surface area contributed by atoms with Gasteiger partial charge in [0.2, 0.25) is 0 Å². The van der Waals surface area contributed by atoms with Crippen LogP contribution >= 0.6 is 43.2 Å². The average Bonchev–Trinajstić information content (AvgIpc) is 3.36. The van der Waals surface area contributed by atoms with Crippen molar-refractivity contribution < 1.29 is 19.1 Å². The number of rotatable bonds is 23. The molecule has 0 radical (unpaired) electrons. The first-order chi connectivity index (χ1) is 22.3. The average molecular weight is 741 g/mol. The predicted octanol–water partition coefficient (Wildman–Crippen LogP) is 10.6. The molecule has 1 heterocycles. The van der Waals surface area contributed by atoms with E-state index >= 15 is 0 Å². The van der Waals surface area contributed by atoms with Gasteiger partial charge < -0.3 is 19.4 Å². The fraction of sp³-hybridized carbons (Fsp3) is 0.737. The second kappa shape index (κ2) is 20.8. The maximum Gasteiger partial charge on any atom is 0.307 e. The zero-order chi connectivity index (χ0) is 35.8. The summed E-state index contributed by atoms with van der Waals surface area (Å²) in [4.78, 5) is 30.8. The molecule has 1 aromatic heterocycles. The van der Waals surface area contributed by atoms with Crippen LogP contribution in [-0.4, -0.2) is 77.7 Å². The molecule has 2 rings (SSSR count). The minimum atomic E-state index is -0.187. The number of ether oxygens (including phenoxy) is 2.